The van der Waals surface area contributed by atoms with Crippen molar-refractivity contribution in [2.24, 2.45) is 0 Å². The van der Waals surface area contributed by atoms with E-state index < -0.39 is 11.7 Å². The molecule has 2 heterocycles. The van der Waals surface area contributed by atoms with E-state index in [1.807, 2.05) is 6.20 Å². The van der Waals surface area contributed by atoms with Crippen molar-refractivity contribution < 1.29 is 19.7 Å². The molecular formula is C16H28N4O4. The maximum absolute atomic E-state index is 11.5. The van der Waals surface area contributed by atoms with Crippen LogP contribution in [0.2, 0.25) is 0 Å². The van der Waals surface area contributed by atoms with Crippen molar-refractivity contribution in [2.75, 3.05) is 33.4 Å². The molecule has 0 unspecified atom stereocenters. The molecule has 0 bridgehead atoms. The molecule has 0 spiro atoms. The lowest BCUT2D eigenvalue weighted by molar-refractivity contribution is -0.134. The molecule has 0 aromatic carbocycles. The van der Waals surface area contributed by atoms with Crippen molar-refractivity contribution in [1.29, 1.82) is 0 Å². The highest BCUT2D eigenvalue weighted by Gasteiger charge is 2.40. The highest BCUT2D eigenvalue weighted by atomic mass is 16.5. The van der Waals surface area contributed by atoms with E-state index in [0.29, 0.717) is 26.1 Å². The predicted molar refractivity (Wildman–Crippen MR) is 88.3 cm³/mol. The van der Waals surface area contributed by atoms with E-state index in [4.69, 9.17) is 4.74 Å². The number of aromatic nitrogens is 2. The lowest BCUT2D eigenvalue weighted by atomic mass is 9.88. The third kappa shape index (κ3) is 4.76. The van der Waals surface area contributed by atoms with Crippen LogP contribution in [0.25, 0.3) is 0 Å². The molecule has 3 N–H and O–H groups in total. The maximum Gasteiger partial charge on any atom is 0.246 e. The molecule has 2 rings (SSSR count). The van der Waals surface area contributed by atoms with Gasteiger partial charge in [-0.3, -0.25) is 9.69 Å². The number of aliphatic hydroxyl groups excluding tert-OH is 1. The predicted octanol–water partition coefficient (Wildman–Crippen LogP) is -0.647. The van der Waals surface area contributed by atoms with Crippen LogP contribution in [-0.2, 0) is 22.6 Å². The Bertz CT molecular complexity index is 536. The summed E-state index contributed by atoms with van der Waals surface area (Å²) in [6.45, 7) is 4.61. The van der Waals surface area contributed by atoms with E-state index in [1.165, 1.54) is 7.11 Å². The summed E-state index contributed by atoms with van der Waals surface area (Å²) in [7, 11) is 1.43. The summed E-state index contributed by atoms with van der Waals surface area (Å²) >= 11 is 0. The largest absolute Gasteiger partial charge is 0.389 e. The zero-order chi connectivity index (χ0) is 17.6. The maximum atomic E-state index is 11.5. The van der Waals surface area contributed by atoms with Crippen LogP contribution in [0.15, 0.2) is 12.4 Å². The minimum atomic E-state index is -1.31. The summed E-state index contributed by atoms with van der Waals surface area (Å²) in [6, 6.07) is 0. The molecule has 24 heavy (non-hydrogen) atoms. The van der Waals surface area contributed by atoms with Gasteiger partial charge in [-0.1, -0.05) is 6.92 Å². The molecule has 0 aliphatic carbocycles. The van der Waals surface area contributed by atoms with Crippen molar-refractivity contribution in [3.63, 3.8) is 0 Å². The van der Waals surface area contributed by atoms with Gasteiger partial charge >= 0.3 is 0 Å². The van der Waals surface area contributed by atoms with Crippen LogP contribution >= 0.6 is 0 Å². The normalized spacial score (nSPS) is 24.9. The number of β-amino-alcohol motifs (C(OH)–C–C–N with tert-alkyl or cyclic N) is 1. The van der Waals surface area contributed by atoms with Gasteiger partial charge in [0.25, 0.3) is 0 Å². The first-order valence-corrected chi connectivity index (χ1v) is 8.37. The van der Waals surface area contributed by atoms with E-state index >= 15 is 0 Å². The number of methoxy groups -OCH3 is 1. The minimum absolute atomic E-state index is 0.0225. The van der Waals surface area contributed by atoms with Gasteiger partial charge in [0.15, 0.2) is 0 Å². The van der Waals surface area contributed by atoms with E-state index in [2.05, 4.69) is 26.7 Å². The average Bonchev–Trinajstić information content (AvgIpc) is 2.97. The third-order valence-corrected chi connectivity index (χ3v) is 4.41. The third-order valence-electron chi connectivity index (χ3n) is 4.41. The summed E-state index contributed by atoms with van der Waals surface area (Å²) in [5.41, 5.74) is -1.31. The second kappa shape index (κ2) is 8.57. The monoisotopic (exact) mass is 340 g/mol. The molecule has 1 amide bonds. The molecule has 2 atom stereocenters. The second-order valence-corrected chi connectivity index (χ2v) is 6.35. The molecule has 8 nitrogen and oxygen atoms in total. The zero-order valence-electron chi connectivity index (χ0n) is 14.4. The van der Waals surface area contributed by atoms with Crippen LogP contribution in [0.1, 0.15) is 25.6 Å². The lowest BCUT2D eigenvalue weighted by Gasteiger charge is -2.42. The Morgan fingerprint density at radius 1 is 1.58 bits per heavy atom. The molecule has 1 aromatic heterocycles. The number of nitrogens with one attached hydrogen (secondary N) is 1. The number of ether oxygens (including phenoxy) is 1. The number of amides is 1. The zero-order valence-corrected chi connectivity index (χ0v) is 14.4. The number of carbonyl (C=O) groups excluding carboxylic acids is 1. The Kier molecular flexibility index (Phi) is 6.73. The average molecular weight is 340 g/mol. The smallest absolute Gasteiger partial charge is 0.246 e. The molecule has 1 aliphatic rings. The Hall–Kier alpha value is -1.48. The number of piperidine rings is 1. The van der Waals surface area contributed by atoms with Crippen LogP contribution < -0.4 is 5.32 Å². The van der Waals surface area contributed by atoms with Gasteiger partial charge in [-0.25, -0.2) is 4.98 Å². The molecular weight excluding hydrogens is 312 g/mol. The summed E-state index contributed by atoms with van der Waals surface area (Å²) in [5, 5.41) is 23.5. The van der Waals surface area contributed by atoms with Gasteiger partial charge in [0.2, 0.25) is 5.91 Å². The summed E-state index contributed by atoms with van der Waals surface area (Å²) in [4.78, 5) is 17.9. The Labute approximate surface area is 142 Å². The lowest BCUT2D eigenvalue weighted by Crippen LogP contribution is -2.60. The minimum Gasteiger partial charge on any atom is -0.389 e. The highest BCUT2D eigenvalue weighted by Crippen LogP contribution is 2.23. The Balaban J connectivity index is 1.87. The molecule has 136 valence electrons. The van der Waals surface area contributed by atoms with Gasteiger partial charge in [-0.15, -0.1) is 0 Å². The second-order valence-electron chi connectivity index (χ2n) is 6.35. The Morgan fingerprint density at radius 3 is 3.04 bits per heavy atom. The van der Waals surface area contributed by atoms with Crippen molar-refractivity contribution >= 4 is 5.91 Å². The van der Waals surface area contributed by atoms with E-state index in [1.54, 1.807) is 6.20 Å². The van der Waals surface area contributed by atoms with Crippen LogP contribution in [-0.4, -0.2) is 75.6 Å². The van der Waals surface area contributed by atoms with E-state index in [9.17, 15) is 15.0 Å². The van der Waals surface area contributed by atoms with Gasteiger partial charge in [0.1, 0.15) is 18.0 Å². The fourth-order valence-corrected chi connectivity index (χ4v) is 2.94. The van der Waals surface area contributed by atoms with Crippen molar-refractivity contribution in [3.8, 4) is 0 Å². The molecule has 1 fully saturated rings. The SMILES string of the molecule is CCCn1ccnc1CN1CC[C@@](O)(CNC(=O)COC)[C@H](O)C1. The molecule has 1 aromatic rings. The molecule has 1 aliphatic heterocycles. The van der Waals surface area contributed by atoms with Crippen molar-refractivity contribution in [1.82, 2.24) is 19.8 Å². The number of imidazole rings is 1. The van der Waals surface area contributed by atoms with E-state index in [0.717, 1.165) is 18.8 Å². The number of aliphatic hydroxyl groups is 2. The molecule has 8 heteroatoms. The molecule has 0 saturated carbocycles. The van der Waals surface area contributed by atoms with Gasteiger partial charge in [-0.05, 0) is 12.8 Å². The summed E-state index contributed by atoms with van der Waals surface area (Å²) < 4.78 is 6.85. The van der Waals surface area contributed by atoms with Gasteiger partial charge in [0.05, 0.1) is 12.6 Å². The number of hydrogen-bond acceptors (Lipinski definition) is 6. The number of nitrogens with zero attached hydrogens (tertiary/aromatic N) is 3. The van der Waals surface area contributed by atoms with Gasteiger partial charge in [-0.2, -0.15) is 0 Å². The number of rotatable bonds is 8. The highest BCUT2D eigenvalue weighted by molar-refractivity contribution is 5.77. The van der Waals surface area contributed by atoms with Crippen molar-refractivity contribution in [2.45, 2.75) is 44.6 Å². The topological polar surface area (TPSA) is 99.9 Å². The fourth-order valence-electron chi connectivity index (χ4n) is 2.94. The Morgan fingerprint density at radius 2 is 2.38 bits per heavy atom. The molecule has 0 radical (unpaired) electrons. The summed E-state index contributed by atoms with van der Waals surface area (Å²) in [6.07, 6.45) is 4.24. The van der Waals surface area contributed by atoms with Gasteiger partial charge in [0, 0.05) is 45.7 Å². The van der Waals surface area contributed by atoms with Gasteiger partial charge < -0.3 is 24.8 Å². The molecule has 1 saturated heterocycles. The fraction of sp³-hybridized carbons (Fsp3) is 0.750. The van der Waals surface area contributed by atoms with E-state index in [-0.39, 0.29) is 19.1 Å². The number of carbonyl (C=O) groups is 1. The first-order chi connectivity index (χ1) is 11.5. The van der Waals surface area contributed by atoms with Crippen LogP contribution in [0.4, 0.5) is 0 Å². The number of likely N-dealkylation sites (tertiary alicyclic amines) is 1. The standard InChI is InChI=1S/C16H28N4O4/c1-3-6-20-8-5-17-14(20)10-19-7-4-16(23,13(21)9-19)12-18-15(22)11-24-2/h5,8,13,21,23H,3-4,6-7,9-12H2,1-2H3,(H,18,22)/t13-,16-/m1/s1. The first-order valence-electron chi connectivity index (χ1n) is 8.37. The number of aryl methyl sites for hydroxylation is 1. The number of hydrogen-bond donors (Lipinski definition) is 3. The van der Waals surface area contributed by atoms with Crippen LogP contribution in [0.3, 0.4) is 0 Å². The first kappa shape index (κ1) is 18.9. The van der Waals surface area contributed by atoms with Crippen LogP contribution in [0.5, 0.6) is 0 Å². The van der Waals surface area contributed by atoms with Crippen LogP contribution in [0, 0.1) is 0 Å². The van der Waals surface area contributed by atoms with Crippen molar-refractivity contribution in [3.05, 3.63) is 18.2 Å². The summed E-state index contributed by atoms with van der Waals surface area (Å²) in [5.74, 6) is 0.657. The quantitative estimate of drug-likeness (QED) is 0.582.